The molecule has 0 saturated carbocycles. The lowest BCUT2D eigenvalue weighted by Gasteiger charge is -2.23. The van der Waals surface area contributed by atoms with Gasteiger partial charge >= 0.3 is 0 Å². The van der Waals surface area contributed by atoms with Gasteiger partial charge in [-0.1, -0.05) is 60.7 Å². The summed E-state index contributed by atoms with van der Waals surface area (Å²) >= 11 is 0. The van der Waals surface area contributed by atoms with Gasteiger partial charge in [0.15, 0.2) is 6.29 Å². The van der Waals surface area contributed by atoms with Crippen molar-refractivity contribution in [3.63, 3.8) is 0 Å². The van der Waals surface area contributed by atoms with E-state index in [-0.39, 0.29) is 0 Å². The van der Waals surface area contributed by atoms with Crippen LogP contribution in [0, 0.1) is 0 Å². The number of hydrogen-bond acceptors (Lipinski definition) is 4. The Morgan fingerprint density at radius 2 is 1.26 bits per heavy atom. The van der Waals surface area contributed by atoms with Gasteiger partial charge in [-0.2, -0.15) is 0 Å². The topological polar surface area (TPSA) is 46.1 Å². The first-order chi connectivity index (χ1) is 11.3. The van der Waals surface area contributed by atoms with Crippen LogP contribution in [0.2, 0.25) is 0 Å². The van der Waals surface area contributed by atoms with Crippen molar-refractivity contribution < 1.29 is 4.79 Å². The van der Waals surface area contributed by atoms with Crippen molar-refractivity contribution in [2.75, 3.05) is 4.90 Å². The van der Waals surface area contributed by atoms with Crippen LogP contribution in [0.5, 0.6) is 0 Å². The Morgan fingerprint density at radius 1 is 0.783 bits per heavy atom. The lowest BCUT2D eigenvalue weighted by molar-refractivity contribution is 0.112. The van der Waals surface area contributed by atoms with Crippen LogP contribution in [0.1, 0.15) is 21.5 Å². The molecule has 0 spiro atoms. The highest BCUT2D eigenvalue weighted by atomic mass is 16.1. The molecule has 23 heavy (non-hydrogen) atoms. The summed E-state index contributed by atoms with van der Waals surface area (Å²) in [7, 11) is 0. The van der Waals surface area contributed by atoms with E-state index < -0.39 is 0 Å². The monoisotopic (exact) mass is 303 g/mol. The predicted octanol–water partition coefficient (Wildman–Crippen LogP) is 3.50. The zero-order chi connectivity index (χ0) is 15.9. The Hall–Kier alpha value is -3.01. The van der Waals surface area contributed by atoms with Gasteiger partial charge in [0.2, 0.25) is 5.95 Å². The van der Waals surface area contributed by atoms with Crippen LogP contribution in [0.4, 0.5) is 5.95 Å². The predicted molar refractivity (Wildman–Crippen MR) is 90.2 cm³/mol. The number of carbonyl (C=O) groups is 1. The van der Waals surface area contributed by atoms with E-state index in [0.29, 0.717) is 24.6 Å². The van der Waals surface area contributed by atoms with Crippen LogP contribution in [0.15, 0.2) is 73.1 Å². The summed E-state index contributed by atoms with van der Waals surface area (Å²) < 4.78 is 0. The maximum atomic E-state index is 10.8. The third-order valence-electron chi connectivity index (χ3n) is 3.51. The standard InChI is InChI=1S/C19H17N3O/c23-15-18-11-20-19(21-12-18)22(13-16-7-3-1-4-8-16)14-17-9-5-2-6-10-17/h1-12,15H,13-14H2. The van der Waals surface area contributed by atoms with Gasteiger partial charge in [0, 0.05) is 25.5 Å². The molecular formula is C19H17N3O. The Labute approximate surface area is 135 Å². The van der Waals surface area contributed by atoms with Crippen molar-refractivity contribution >= 4 is 12.2 Å². The van der Waals surface area contributed by atoms with Crippen LogP contribution < -0.4 is 4.90 Å². The quantitative estimate of drug-likeness (QED) is 0.654. The minimum absolute atomic E-state index is 0.480. The summed E-state index contributed by atoms with van der Waals surface area (Å²) in [6.45, 7) is 1.41. The first-order valence-corrected chi connectivity index (χ1v) is 7.45. The van der Waals surface area contributed by atoms with Gasteiger partial charge in [0.05, 0.1) is 5.56 Å². The normalized spacial score (nSPS) is 10.3. The zero-order valence-electron chi connectivity index (χ0n) is 12.7. The highest BCUT2D eigenvalue weighted by molar-refractivity contribution is 5.73. The summed E-state index contributed by atoms with van der Waals surface area (Å²) in [6.07, 6.45) is 3.86. The van der Waals surface area contributed by atoms with Gasteiger partial charge in [-0.15, -0.1) is 0 Å². The van der Waals surface area contributed by atoms with Crippen LogP contribution >= 0.6 is 0 Å². The fourth-order valence-electron chi connectivity index (χ4n) is 2.36. The summed E-state index contributed by atoms with van der Waals surface area (Å²) in [5, 5.41) is 0. The number of aldehydes is 1. The molecule has 0 N–H and O–H groups in total. The van der Waals surface area contributed by atoms with Crippen molar-refractivity contribution in [1.29, 1.82) is 0 Å². The summed E-state index contributed by atoms with van der Waals surface area (Å²) in [5.41, 5.74) is 2.85. The molecule has 0 fully saturated rings. The number of anilines is 1. The third kappa shape index (κ3) is 4.01. The Morgan fingerprint density at radius 3 is 1.70 bits per heavy atom. The Balaban J connectivity index is 1.86. The first kappa shape index (κ1) is 14.9. The van der Waals surface area contributed by atoms with Crippen LogP contribution in [0.25, 0.3) is 0 Å². The molecule has 4 heteroatoms. The number of nitrogens with zero attached hydrogens (tertiary/aromatic N) is 3. The van der Waals surface area contributed by atoms with E-state index in [2.05, 4.69) is 39.1 Å². The van der Waals surface area contributed by atoms with E-state index >= 15 is 0 Å². The zero-order valence-corrected chi connectivity index (χ0v) is 12.7. The molecule has 4 nitrogen and oxygen atoms in total. The molecule has 0 bridgehead atoms. The number of benzene rings is 2. The summed E-state index contributed by atoms with van der Waals surface area (Å²) in [5.74, 6) is 0.614. The molecule has 1 aromatic heterocycles. The molecule has 1 heterocycles. The van der Waals surface area contributed by atoms with Crippen molar-refractivity contribution in [3.05, 3.63) is 89.7 Å². The molecule has 0 amide bonds. The average Bonchev–Trinajstić information content (AvgIpc) is 2.63. The largest absolute Gasteiger partial charge is 0.332 e. The van der Waals surface area contributed by atoms with E-state index in [1.54, 1.807) is 12.4 Å². The minimum Gasteiger partial charge on any atom is -0.332 e. The average molecular weight is 303 g/mol. The molecular weight excluding hydrogens is 286 g/mol. The maximum absolute atomic E-state index is 10.8. The third-order valence-corrected chi connectivity index (χ3v) is 3.51. The number of rotatable bonds is 6. The maximum Gasteiger partial charge on any atom is 0.225 e. The number of hydrogen-bond donors (Lipinski definition) is 0. The van der Waals surface area contributed by atoms with Gasteiger partial charge < -0.3 is 4.90 Å². The van der Waals surface area contributed by atoms with Crippen molar-refractivity contribution in [2.45, 2.75) is 13.1 Å². The molecule has 0 aliphatic rings. The van der Waals surface area contributed by atoms with Crippen LogP contribution in [0.3, 0.4) is 0 Å². The number of carbonyl (C=O) groups excluding carboxylic acids is 1. The summed E-state index contributed by atoms with van der Waals surface area (Å²) in [6, 6.07) is 20.4. The smallest absolute Gasteiger partial charge is 0.225 e. The lowest BCUT2D eigenvalue weighted by Crippen LogP contribution is -2.24. The second kappa shape index (κ2) is 7.31. The molecule has 0 unspecified atom stereocenters. The van der Waals surface area contributed by atoms with Crippen molar-refractivity contribution in [3.8, 4) is 0 Å². The fraction of sp³-hybridized carbons (Fsp3) is 0.105. The van der Waals surface area contributed by atoms with Gasteiger partial charge in [-0.3, -0.25) is 4.79 Å². The lowest BCUT2D eigenvalue weighted by atomic mass is 10.2. The van der Waals surface area contributed by atoms with E-state index in [9.17, 15) is 4.79 Å². The Bertz CT molecular complexity index is 701. The second-order valence-corrected chi connectivity index (χ2v) is 5.26. The highest BCUT2D eigenvalue weighted by Crippen LogP contribution is 2.16. The molecule has 3 aromatic rings. The molecule has 114 valence electrons. The van der Waals surface area contributed by atoms with Crippen molar-refractivity contribution in [2.24, 2.45) is 0 Å². The van der Waals surface area contributed by atoms with Gasteiger partial charge in [0.1, 0.15) is 0 Å². The number of aromatic nitrogens is 2. The molecule has 0 saturated heterocycles. The van der Waals surface area contributed by atoms with Gasteiger partial charge in [-0.05, 0) is 11.1 Å². The van der Waals surface area contributed by atoms with Crippen LogP contribution in [-0.2, 0) is 13.1 Å². The van der Waals surface area contributed by atoms with Gasteiger partial charge in [-0.25, -0.2) is 9.97 Å². The highest BCUT2D eigenvalue weighted by Gasteiger charge is 2.11. The summed E-state index contributed by atoms with van der Waals surface area (Å²) in [4.78, 5) is 21.5. The van der Waals surface area contributed by atoms with Gasteiger partial charge in [0.25, 0.3) is 0 Å². The SMILES string of the molecule is O=Cc1cnc(N(Cc2ccccc2)Cc2ccccc2)nc1. The Kier molecular flexibility index (Phi) is 4.74. The molecule has 2 aromatic carbocycles. The minimum atomic E-state index is 0.480. The van der Waals surface area contributed by atoms with Crippen molar-refractivity contribution in [1.82, 2.24) is 9.97 Å². The molecule has 3 rings (SSSR count). The van der Waals surface area contributed by atoms with Crippen LogP contribution in [-0.4, -0.2) is 16.3 Å². The van der Waals surface area contributed by atoms with E-state index in [0.717, 1.165) is 6.29 Å². The fourth-order valence-corrected chi connectivity index (χ4v) is 2.36. The van der Waals surface area contributed by atoms with E-state index in [1.165, 1.54) is 11.1 Å². The second-order valence-electron chi connectivity index (χ2n) is 5.26. The molecule has 0 aliphatic heterocycles. The molecule has 0 radical (unpaired) electrons. The first-order valence-electron chi connectivity index (χ1n) is 7.45. The van der Waals surface area contributed by atoms with E-state index in [4.69, 9.17) is 0 Å². The molecule has 0 atom stereocenters. The van der Waals surface area contributed by atoms with E-state index in [1.807, 2.05) is 36.4 Å². The molecule has 0 aliphatic carbocycles.